The number of hydrogen-bond donors (Lipinski definition) is 2. The second-order valence-corrected chi connectivity index (χ2v) is 8.13. The van der Waals surface area contributed by atoms with Gasteiger partial charge in [-0.15, -0.1) is 12.4 Å². The first-order valence-electron chi connectivity index (χ1n) is 5.78. The van der Waals surface area contributed by atoms with Gasteiger partial charge in [0.25, 0.3) is 0 Å². The first kappa shape index (κ1) is 19.3. The average Bonchev–Trinajstić information content (AvgIpc) is 2.38. The minimum absolute atomic E-state index is 0. The zero-order valence-electron chi connectivity index (χ0n) is 11.2. The third kappa shape index (κ3) is 4.71. The summed E-state index contributed by atoms with van der Waals surface area (Å²) in [5, 5.41) is 0. The van der Waals surface area contributed by atoms with Crippen molar-refractivity contribution in [1.82, 2.24) is 4.72 Å². The van der Waals surface area contributed by atoms with Crippen LogP contribution < -0.4 is 10.5 Å². The van der Waals surface area contributed by atoms with Gasteiger partial charge in [0.1, 0.15) is 0 Å². The topological polar surface area (TPSA) is 106 Å². The molecule has 0 unspecified atom stereocenters. The Morgan fingerprint density at radius 3 is 2.25 bits per heavy atom. The van der Waals surface area contributed by atoms with E-state index in [1.165, 1.54) is 25.1 Å². The molecule has 20 heavy (non-hydrogen) atoms. The van der Waals surface area contributed by atoms with Crippen LogP contribution in [-0.4, -0.2) is 35.2 Å². The molecule has 1 aromatic carbocycles. The number of rotatable bonds is 6. The molecule has 0 aliphatic heterocycles. The van der Waals surface area contributed by atoms with Crippen molar-refractivity contribution in [2.24, 2.45) is 5.73 Å². The molecule has 1 rings (SSSR count). The highest BCUT2D eigenvalue weighted by molar-refractivity contribution is 7.91. The van der Waals surface area contributed by atoms with Gasteiger partial charge in [-0.25, -0.2) is 21.6 Å². The molecule has 0 spiro atoms. The van der Waals surface area contributed by atoms with Crippen molar-refractivity contribution in [2.75, 3.05) is 12.3 Å². The van der Waals surface area contributed by atoms with Crippen molar-refractivity contribution in [3.63, 3.8) is 0 Å². The fourth-order valence-corrected chi connectivity index (χ4v) is 3.68. The Kier molecular flexibility index (Phi) is 7.12. The highest BCUT2D eigenvalue weighted by Crippen LogP contribution is 2.17. The first-order chi connectivity index (χ1) is 8.73. The van der Waals surface area contributed by atoms with E-state index in [9.17, 15) is 16.8 Å². The SMILES string of the molecule is CCS(=O)(=O)c1cccc(S(=O)(=O)N[C@@H](C)CN)c1.Cl. The zero-order chi connectivity index (χ0) is 14.7. The lowest BCUT2D eigenvalue weighted by Crippen LogP contribution is -2.37. The molecule has 3 N–H and O–H groups in total. The molecule has 0 heterocycles. The van der Waals surface area contributed by atoms with E-state index >= 15 is 0 Å². The molecule has 1 atom stereocenters. The first-order valence-corrected chi connectivity index (χ1v) is 8.91. The van der Waals surface area contributed by atoms with E-state index in [2.05, 4.69) is 4.72 Å². The van der Waals surface area contributed by atoms with Crippen molar-refractivity contribution in [3.8, 4) is 0 Å². The summed E-state index contributed by atoms with van der Waals surface area (Å²) >= 11 is 0. The molecule has 0 amide bonds. The Morgan fingerprint density at radius 2 is 1.75 bits per heavy atom. The lowest BCUT2D eigenvalue weighted by atomic mass is 10.4. The lowest BCUT2D eigenvalue weighted by molar-refractivity contribution is 0.562. The van der Waals surface area contributed by atoms with Crippen molar-refractivity contribution < 1.29 is 16.8 Å². The van der Waals surface area contributed by atoms with Gasteiger partial charge >= 0.3 is 0 Å². The largest absolute Gasteiger partial charge is 0.329 e. The Hall–Kier alpha value is -0.670. The van der Waals surface area contributed by atoms with E-state index < -0.39 is 25.9 Å². The van der Waals surface area contributed by atoms with Crippen LogP contribution >= 0.6 is 12.4 Å². The van der Waals surface area contributed by atoms with Crippen LogP contribution in [0, 0.1) is 0 Å². The molecule has 9 heteroatoms. The van der Waals surface area contributed by atoms with E-state index in [1.54, 1.807) is 6.92 Å². The van der Waals surface area contributed by atoms with Gasteiger partial charge in [-0.1, -0.05) is 13.0 Å². The van der Waals surface area contributed by atoms with Crippen LogP contribution in [0.3, 0.4) is 0 Å². The normalized spacial score (nSPS) is 13.6. The molecule has 0 radical (unpaired) electrons. The predicted molar refractivity (Wildman–Crippen MR) is 80.3 cm³/mol. The molecule has 0 saturated heterocycles. The molecular weight excluding hydrogens is 324 g/mol. The Morgan fingerprint density at radius 1 is 1.20 bits per heavy atom. The maximum Gasteiger partial charge on any atom is 0.240 e. The van der Waals surface area contributed by atoms with E-state index in [1.807, 2.05) is 0 Å². The molecule has 0 fully saturated rings. The van der Waals surface area contributed by atoms with Crippen LogP contribution in [0.4, 0.5) is 0 Å². The number of hydrogen-bond acceptors (Lipinski definition) is 5. The second kappa shape index (κ2) is 7.37. The molecule has 6 nitrogen and oxygen atoms in total. The fraction of sp³-hybridized carbons (Fsp3) is 0.455. The van der Waals surface area contributed by atoms with Crippen LogP contribution in [0.5, 0.6) is 0 Å². The third-order valence-corrected chi connectivity index (χ3v) is 5.88. The van der Waals surface area contributed by atoms with E-state index in [-0.39, 0.29) is 34.5 Å². The van der Waals surface area contributed by atoms with Gasteiger partial charge in [0.15, 0.2) is 9.84 Å². The molecule has 0 bridgehead atoms. The summed E-state index contributed by atoms with van der Waals surface area (Å²) < 4.78 is 49.8. The van der Waals surface area contributed by atoms with E-state index in [0.29, 0.717) is 0 Å². The number of nitrogens with two attached hydrogens (primary N) is 1. The van der Waals surface area contributed by atoms with Crippen molar-refractivity contribution in [2.45, 2.75) is 29.7 Å². The lowest BCUT2D eigenvalue weighted by Gasteiger charge is -2.12. The number of sulfone groups is 1. The Bertz CT molecular complexity index is 644. The van der Waals surface area contributed by atoms with Gasteiger partial charge in [0, 0.05) is 12.6 Å². The molecule has 0 aliphatic carbocycles. The summed E-state index contributed by atoms with van der Waals surface area (Å²) in [6.45, 7) is 3.29. The third-order valence-electron chi connectivity index (χ3n) is 2.56. The number of sulfonamides is 1. The van der Waals surface area contributed by atoms with Crippen LogP contribution in [0.25, 0.3) is 0 Å². The highest BCUT2D eigenvalue weighted by Gasteiger charge is 2.19. The smallest absolute Gasteiger partial charge is 0.240 e. The number of nitrogens with one attached hydrogen (secondary N) is 1. The minimum Gasteiger partial charge on any atom is -0.329 e. The van der Waals surface area contributed by atoms with Crippen LogP contribution in [0.15, 0.2) is 34.1 Å². The van der Waals surface area contributed by atoms with Gasteiger partial charge in [-0.2, -0.15) is 0 Å². The molecule has 0 saturated carbocycles. The fourth-order valence-electron chi connectivity index (χ4n) is 1.38. The summed E-state index contributed by atoms with van der Waals surface area (Å²) in [7, 11) is -7.19. The molecule has 1 aromatic rings. The van der Waals surface area contributed by atoms with Gasteiger partial charge in [-0.3, -0.25) is 0 Å². The summed E-state index contributed by atoms with van der Waals surface area (Å²) in [5.41, 5.74) is 5.36. The molecule has 0 aliphatic rings. The van der Waals surface area contributed by atoms with Crippen LogP contribution in [0.2, 0.25) is 0 Å². The van der Waals surface area contributed by atoms with Crippen molar-refractivity contribution in [1.29, 1.82) is 0 Å². The summed E-state index contributed by atoms with van der Waals surface area (Å²) in [4.78, 5) is -0.0828. The van der Waals surface area contributed by atoms with E-state index in [4.69, 9.17) is 5.73 Å². The Balaban J connectivity index is 0.00000361. The predicted octanol–water partition coefficient (Wildman–Crippen LogP) is 0.528. The number of benzene rings is 1. The molecule has 0 aromatic heterocycles. The average molecular weight is 343 g/mol. The zero-order valence-corrected chi connectivity index (χ0v) is 13.7. The van der Waals surface area contributed by atoms with Crippen molar-refractivity contribution in [3.05, 3.63) is 24.3 Å². The maximum atomic E-state index is 12.0. The Labute approximate surface area is 126 Å². The van der Waals surface area contributed by atoms with Crippen molar-refractivity contribution >= 4 is 32.3 Å². The molecule has 116 valence electrons. The summed E-state index contributed by atoms with van der Waals surface area (Å²) in [6, 6.07) is 4.87. The maximum absolute atomic E-state index is 12.0. The number of halogens is 1. The molecular formula is C11H19ClN2O4S2. The summed E-state index contributed by atoms with van der Waals surface area (Å²) in [5.74, 6) is -0.0802. The second-order valence-electron chi connectivity index (χ2n) is 4.14. The standard InChI is InChI=1S/C11H18N2O4S2.ClH/c1-3-18(14,15)10-5-4-6-11(7-10)19(16,17)13-9(2)8-12;/h4-7,9,13H,3,8,12H2,1-2H3;1H/t9-;/m0./s1. The van der Waals surface area contributed by atoms with E-state index in [0.717, 1.165) is 6.07 Å². The van der Waals surface area contributed by atoms with Gasteiger partial charge in [-0.05, 0) is 25.1 Å². The quantitative estimate of drug-likeness (QED) is 0.784. The minimum atomic E-state index is -3.76. The van der Waals surface area contributed by atoms with Gasteiger partial charge in [0.05, 0.1) is 15.5 Å². The highest BCUT2D eigenvalue weighted by atomic mass is 35.5. The van der Waals surface area contributed by atoms with Gasteiger partial charge < -0.3 is 5.73 Å². The van der Waals surface area contributed by atoms with Crippen LogP contribution in [0.1, 0.15) is 13.8 Å². The van der Waals surface area contributed by atoms with Crippen LogP contribution in [-0.2, 0) is 19.9 Å². The van der Waals surface area contributed by atoms with Gasteiger partial charge in [0.2, 0.25) is 10.0 Å². The monoisotopic (exact) mass is 342 g/mol. The summed E-state index contributed by atoms with van der Waals surface area (Å²) in [6.07, 6.45) is 0.